The highest BCUT2D eigenvalue weighted by Crippen LogP contribution is 2.21. The van der Waals surface area contributed by atoms with Gasteiger partial charge in [0.2, 0.25) is 5.91 Å². The molecule has 1 fully saturated rings. The highest BCUT2D eigenvalue weighted by molar-refractivity contribution is 6.03. The van der Waals surface area contributed by atoms with Gasteiger partial charge >= 0.3 is 0 Å². The number of rotatable bonds is 2. The van der Waals surface area contributed by atoms with Gasteiger partial charge in [-0.05, 0) is 13.8 Å². The second kappa shape index (κ2) is 3.09. The molecule has 76 valence electrons. The summed E-state index contributed by atoms with van der Waals surface area (Å²) in [5, 5.41) is 4.16. The first-order valence-electron chi connectivity index (χ1n) is 4.70. The molecule has 14 heavy (non-hydrogen) atoms. The molecule has 0 aromatic carbocycles. The average Bonchev–Trinajstić information content (AvgIpc) is 2.62. The lowest BCUT2D eigenvalue weighted by Crippen LogP contribution is -2.61. The minimum absolute atomic E-state index is 0.0201. The zero-order valence-corrected chi connectivity index (χ0v) is 8.34. The summed E-state index contributed by atoms with van der Waals surface area (Å²) in [6.45, 7) is 4.68. The normalized spacial score (nSPS) is 21.6. The Bertz CT molecular complexity index is 357. The first-order valence-corrected chi connectivity index (χ1v) is 4.70. The second-order valence-corrected chi connectivity index (χ2v) is 3.83. The molecule has 1 saturated heterocycles. The van der Waals surface area contributed by atoms with Gasteiger partial charge in [-0.2, -0.15) is 5.10 Å². The van der Waals surface area contributed by atoms with Crippen molar-refractivity contribution in [3.8, 4) is 0 Å². The van der Waals surface area contributed by atoms with Crippen LogP contribution in [0.5, 0.6) is 0 Å². The van der Waals surface area contributed by atoms with Gasteiger partial charge in [-0.1, -0.05) is 0 Å². The summed E-state index contributed by atoms with van der Waals surface area (Å²) in [6.07, 6.45) is 3.57. The Morgan fingerprint density at radius 3 is 2.79 bits per heavy atom. The van der Waals surface area contributed by atoms with Crippen molar-refractivity contribution >= 4 is 11.6 Å². The highest BCUT2D eigenvalue weighted by atomic mass is 16.2. The number of amides is 1. The van der Waals surface area contributed by atoms with Crippen LogP contribution >= 0.6 is 0 Å². The van der Waals surface area contributed by atoms with E-state index in [0.717, 1.165) is 5.69 Å². The molecule has 1 atom stereocenters. The van der Waals surface area contributed by atoms with Gasteiger partial charge in [0, 0.05) is 12.2 Å². The number of hydrogen-bond acceptors (Lipinski definition) is 3. The third kappa shape index (κ3) is 1.29. The molecule has 0 spiro atoms. The molecule has 1 aliphatic rings. The molecular weight excluding hydrogens is 180 g/mol. The maximum atomic E-state index is 11.3. The molecule has 0 radical (unpaired) electrons. The van der Waals surface area contributed by atoms with Crippen LogP contribution in [-0.4, -0.2) is 28.3 Å². The number of carbonyl (C=O) groups excluding carboxylic acids is 1. The van der Waals surface area contributed by atoms with Crippen molar-refractivity contribution in [2.75, 3.05) is 11.4 Å². The smallest absolute Gasteiger partial charge is 0.245 e. The van der Waals surface area contributed by atoms with E-state index in [-0.39, 0.29) is 11.9 Å². The quantitative estimate of drug-likeness (QED) is 0.681. The topological polar surface area (TPSA) is 64.2 Å². The minimum Gasteiger partial charge on any atom is -0.318 e. The van der Waals surface area contributed by atoms with Crippen molar-refractivity contribution in [1.29, 1.82) is 0 Å². The summed E-state index contributed by atoms with van der Waals surface area (Å²) < 4.78 is 1.83. The van der Waals surface area contributed by atoms with Crippen LogP contribution in [0, 0.1) is 0 Å². The summed E-state index contributed by atoms with van der Waals surface area (Å²) in [4.78, 5) is 13.0. The number of hydrogen-bond donors (Lipinski definition) is 1. The fourth-order valence-electron chi connectivity index (χ4n) is 1.43. The van der Waals surface area contributed by atoms with E-state index >= 15 is 0 Å². The van der Waals surface area contributed by atoms with Crippen molar-refractivity contribution in [3.63, 3.8) is 0 Å². The van der Waals surface area contributed by atoms with Gasteiger partial charge in [0.1, 0.15) is 6.04 Å². The van der Waals surface area contributed by atoms with Crippen LogP contribution in [0.15, 0.2) is 12.4 Å². The predicted octanol–water partition coefficient (Wildman–Crippen LogP) is 0.138. The Morgan fingerprint density at radius 2 is 2.36 bits per heavy atom. The van der Waals surface area contributed by atoms with Gasteiger partial charge in [0.05, 0.1) is 18.4 Å². The first kappa shape index (κ1) is 9.21. The standard InChI is InChI=1S/C9H14N4O/c1-6(2)13-4-7(3-11-13)12-5-8(10)9(12)14/h3-4,6,8H,5,10H2,1-2H3. The molecule has 1 aromatic rings. The Labute approximate surface area is 82.5 Å². The lowest BCUT2D eigenvalue weighted by atomic mass is 10.1. The van der Waals surface area contributed by atoms with Crippen LogP contribution in [0.3, 0.4) is 0 Å². The summed E-state index contributed by atoms with van der Waals surface area (Å²) in [5.74, 6) is -0.0201. The van der Waals surface area contributed by atoms with Gasteiger partial charge in [-0.25, -0.2) is 0 Å². The van der Waals surface area contributed by atoms with Crippen LogP contribution in [0.4, 0.5) is 5.69 Å². The summed E-state index contributed by atoms with van der Waals surface area (Å²) >= 11 is 0. The number of anilines is 1. The van der Waals surface area contributed by atoms with Crippen LogP contribution < -0.4 is 10.6 Å². The summed E-state index contributed by atoms with van der Waals surface area (Å²) in [6, 6.07) is -0.00815. The number of carbonyl (C=O) groups is 1. The molecule has 2 rings (SSSR count). The molecule has 5 nitrogen and oxygen atoms in total. The molecule has 1 amide bonds. The highest BCUT2D eigenvalue weighted by Gasteiger charge is 2.35. The Morgan fingerprint density at radius 1 is 1.64 bits per heavy atom. The lowest BCUT2D eigenvalue weighted by molar-refractivity contribution is -0.123. The third-order valence-corrected chi connectivity index (χ3v) is 2.39. The predicted molar refractivity (Wildman–Crippen MR) is 52.9 cm³/mol. The number of nitrogens with two attached hydrogens (primary N) is 1. The van der Waals surface area contributed by atoms with E-state index in [4.69, 9.17) is 5.73 Å². The van der Waals surface area contributed by atoms with Crippen LogP contribution in [0.25, 0.3) is 0 Å². The maximum Gasteiger partial charge on any atom is 0.245 e. The fourth-order valence-corrected chi connectivity index (χ4v) is 1.43. The van der Waals surface area contributed by atoms with E-state index in [1.807, 2.05) is 24.7 Å². The van der Waals surface area contributed by atoms with Crippen LogP contribution in [-0.2, 0) is 4.79 Å². The van der Waals surface area contributed by atoms with Gasteiger partial charge in [0.25, 0.3) is 0 Å². The van der Waals surface area contributed by atoms with Gasteiger partial charge < -0.3 is 10.6 Å². The molecular formula is C9H14N4O. The Kier molecular flexibility index (Phi) is 2.03. The minimum atomic E-state index is -0.322. The monoisotopic (exact) mass is 194 g/mol. The Balaban J connectivity index is 2.14. The van der Waals surface area contributed by atoms with E-state index in [1.165, 1.54) is 0 Å². The van der Waals surface area contributed by atoms with Crippen molar-refractivity contribution in [2.45, 2.75) is 25.9 Å². The average molecular weight is 194 g/mol. The molecule has 2 N–H and O–H groups in total. The van der Waals surface area contributed by atoms with Gasteiger partial charge in [-0.15, -0.1) is 0 Å². The SMILES string of the molecule is CC(C)n1cc(N2CC(N)C2=O)cn1. The van der Waals surface area contributed by atoms with Crippen LogP contribution in [0.1, 0.15) is 19.9 Å². The number of aromatic nitrogens is 2. The van der Waals surface area contributed by atoms with E-state index in [1.54, 1.807) is 11.1 Å². The fraction of sp³-hybridized carbons (Fsp3) is 0.556. The van der Waals surface area contributed by atoms with Crippen LogP contribution in [0.2, 0.25) is 0 Å². The van der Waals surface area contributed by atoms with E-state index in [0.29, 0.717) is 12.6 Å². The molecule has 0 bridgehead atoms. The zero-order valence-electron chi connectivity index (χ0n) is 8.34. The molecule has 0 saturated carbocycles. The van der Waals surface area contributed by atoms with E-state index in [9.17, 15) is 4.79 Å². The van der Waals surface area contributed by atoms with Gasteiger partial charge in [-0.3, -0.25) is 9.48 Å². The van der Waals surface area contributed by atoms with Crippen molar-refractivity contribution in [2.24, 2.45) is 5.73 Å². The molecule has 5 heteroatoms. The molecule has 1 unspecified atom stereocenters. The summed E-state index contributed by atoms with van der Waals surface area (Å²) in [5.41, 5.74) is 6.34. The second-order valence-electron chi connectivity index (χ2n) is 3.83. The lowest BCUT2D eigenvalue weighted by Gasteiger charge is -2.34. The zero-order chi connectivity index (χ0) is 10.3. The number of β-lactam (4-membered cyclic amide) rings is 1. The summed E-state index contributed by atoms with van der Waals surface area (Å²) in [7, 11) is 0. The third-order valence-electron chi connectivity index (χ3n) is 2.39. The van der Waals surface area contributed by atoms with Crippen molar-refractivity contribution < 1.29 is 4.79 Å². The first-order chi connectivity index (χ1) is 6.59. The van der Waals surface area contributed by atoms with E-state index < -0.39 is 0 Å². The van der Waals surface area contributed by atoms with Gasteiger partial charge in [0.15, 0.2) is 0 Å². The van der Waals surface area contributed by atoms with Crippen molar-refractivity contribution in [3.05, 3.63) is 12.4 Å². The Hall–Kier alpha value is -1.36. The van der Waals surface area contributed by atoms with E-state index in [2.05, 4.69) is 5.10 Å². The number of nitrogens with zero attached hydrogens (tertiary/aromatic N) is 3. The molecule has 2 heterocycles. The molecule has 1 aliphatic heterocycles. The molecule has 1 aromatic heterocycles. The maximum absolute atomic E-state index is 11.3. The molecule has 0 aliphatic carbocycles. The largest absolute Gasteiger partial charge is 0.318 e. The van der Waals surface area contributed by atoms with Crippen molar-refractivity contribution in [1.82, 2.24) is 9.78 Å².